The minimum Gasteiger partial charge on any atom is -0.493 e. The van der Waals surface area contributed by atoms with Crippen LogP contribution in [-0.2, 0) is 6.42 Å². The standard InChI is InChI=1S/C21H27NO2/c1-3-24-21-11-10-16(2)15-18(21)20(23)12-14-22-13-6-8-17-7-4-5-9-19(17)22/h4-5,7,9-11,15,20,23H,3,6,8,12-14H2,1-2H3. The number of aliphatic hydroxyl groups is 1. The SMILES string of the molecule is CCOc1ccc(C)cc1C(O)CCN1CCCc2ccccc21. The van der Waals surface area contributed by atoms with Gasteiger partial charge in [0, 0.05) is 24.3 Å². The molecule has 3 nitrogen and oxygen atoms in total. The highest BCUT2D eigenvalue weighted by Gasteiger charge is 2.19. The van der Waals surface area contributed by atoms with Gasteiger partial charge in [-0.25, -0.2) is 0 Å². The van der Waals surface area contributed by atoms with Crippen molar-refractivity contribution in [2.45, 2.75) is 39.2 Å². The fourth-order valence-corrected chi connectivity index (χ4v) is 3.49. The molecule has 1 atom stereocenters. The van der Waals surface area contributed by atoms with Crippen molar-refractivity contribution < 1.29 is 9.84 Å². The predicted molar refractivity (Wildman–Crippen MR) is 98.9 cm³/mol. The highest BCUT2D eigenvalue weighted by atomic mass is 16.5. The Labute approximate surface area is 144 Å². The molecular weight excluding hydrogens is 298 g/mol. The zero-order valence-corrected chi connectivity index (χ0v) is 14.7. The Morgan fingerprint density at radius 2 is 2.04 bits per heavy atom. The zero-order valence-electron chi connectivity index (χ0n) is 14.7. The summed E-state index contributed by atoms with van der Waals surface area (Å²) in [5, 5.41) is 10.7. The minimum absolute atomic E-state index is 0.500. The molecule has 0 spiro atoms. The molecule has 2 aromatic rings. The van der Waals surface area contributed by atoms with Gasteiger partial charge < -0.3 is 14.7 Å². The number of fused-ring (bicyclic) bond motifs is 1. The Kier molecular flexibility index (Phi) is 5.41. The molecule has 2 aromatic carbocycles. The molecule has 0 fully saturated rings. The first-order chi connectivity index (χ1) is 11.7. The highest BCUT2D eigenvalue weighted by molar-refractivity contribution is 5.55. The number of hydrogen-bond acceptors (Lipinski definition) is 3. The van der Waals surface area contributed by atoms with Gasteiger partial charge in [0.05, 0.1) is 12.7 Å². The van der Waals surface area contributed by atoms with Crippen LogP contribution in [0.2, 0.25) is 0 Å². The van der Waals surface area contributed by atoms with E-state index >= 15 is 0 Å². The molecule has 3 heteroatoms. The van der Waals surface area contributed by atoms with Gasteiger partial charge in [0.2, 0.25) is 0 Å². The number of hydrogen-bond donors (Lipinski definition) is 1. The van der Waals surface area contributed by atoms with Crippen LogP contribution in [0.5, 0.6) is 5.75 Å². The van der Waals surface area contributed by atoms with E-state index in [2.05, 4.69) is 29.2 Å². The molecule has 0 aromatic heterocycles. The summed E-state index contributed by atoms with van der Waals surface area (Å²) in [7, 11) is 0. The summed E-state index contributed by atoms with van der Waals surface area (Å²) in [6, 6.07) is 14.7. The van der Waals surface area contributed by atoms with E-state index < -0.39 is 6.10 Å². The van der Waals surface area contributed by atoms with Crippen LogP contribution in [0.4, 0.5) is 5.69 Å². The number of benzene rings is 2. The maximum absolute atomic E-state index is 10.7. The molecule has 1 N–H and O–H groups in total. The number of aliphatic hydroxyl groups excluding tert-OH is 1. The second-order valence-electron chi connectivity index (χ2n) is 6.50. The van der Waals surface area contributed by atoms with E-state index in [1.807, 2.05) is 32.0 Å². The molecule has 0 aliphatic carbocycles. The fourth-order valence-electron chi connectivity index (χ4n) is 3.49. The van der Waals surface area contributed by atoms with E-state index in [0.717, 1.165) is 36.4 Å². The van der Waals surface area contributed by atoms with E-state index in [0.29, 0.717) is 13.0 Å². The molecule has 1 unspecified atom stereocenters. The number of ether oxygens (including phenoxy) is 1. The second kappa shape index (κ2) is 7.71. The first kappa shape index (κ1) is 16.8. The Balaban J connectivity index is 1.70. The van der Waals surface area contributed by atoms with Gasteiger partial charge in [0.15, 0.2) is 0 Å². The summed E-state index contributed by atoms with van der Waals surface area (Å²) < 4.78 is 5.69. The van der Waals surface area contributed by atoms with Gasteiger partial charge in [0.25, 0.3) is 0 Å². The predicted octanol–water partition coefficient (Wildman–Crippen LogP) is 4.27. The summed E-state index contributed by atoms with van der Waals surface area (Å²) >= 11 is 0. The van der Waals surface area contributed by atoms with Crippen molar-refractivity contribution in [3.05, 3.63) is 59.2 Å². The van der Waals surface area contributed by atoms with Crippen molar-refractivity contribution in [1.82, 2.24) is 0 Å². The number of rotatable bonds is 6. The van der Waals surface area contributed by atoms with Crippen molar-refractivity contribution in [2.24, 2.45) is 0 Å². The monoisotopic (exact) mass is 325 g/mol. The van der Waals surface area contributed by atoms with Crippen molar-refractivity contribution in [1.29, 1.82) is 0 Å². The van der Waals surface area contributed by atoms with Crippen LogP contribution < -0.4 is 9.64 Å². The second-order valence-corrected chi connectivity index (χ2v) is 6.50. The maximum atomic E-state index is 10.7. The zero-order chi connectivity index (χ0) is 16.9. The maximum Gasteiger partial charge on any atom is 0.125 e. The average molecular weight is 325 g/mol. The van der Waals surface area contributed by atoms with Gasteiger partial charge in [-0.15, -0.1) is 0 Å². The van der Waals surface area contributed by atoms with Crippen LogP contribution in [0.25, 0.3) is 0 Å². The van der Waals surface area contributed by atoms with Gasteiger partial charge in [-0.3, -0.25) is 0 Å². The van der Waals surface area contributed by atoms with Gasteiger partial charge >= 0.3 is 0 Å². The lowest BCUT2D eigenvalue weighted by Gasteiger charge is -2.32. The summed E-state index contributed by atoms with van der Waals surface area (Å²) in [5.74, 6) is 0.801. The fraction of sp³-hybridized carbons (Fsp3) is 0.429. The van der Waals surface area contributed by atoms with Crippen molar-refractivity contribution in [3.63, 3.8) is 0 Å². The van der Waals surface area contributed by atoms with E-state index in [1.54, 1.807) is 0 Å². The highest BCUT2D eigenvalue weighted by Crippen LogP contribution is 2.31. The number of aryl methyl sites for hydroxylation is 2. The Bertz CT molecular complexity index is 683. The topological polar surface area (TPSA) is 32.7 Å². The van der Waals surface area contributed by atoms with Crippen LogP contribution in [0.1, 0.15) is 42.6 Å². The minimum atomic E-state index is -0.500. The summed E-state index contributed by atoms with van der Waals surface area (Å²) in [6.07, 6.45) is 2.54. The quantitative estimate of drug-likeness (QED) is 0.861. The molecule has 1 aliphatic heterocycles. The molecule has 0 radical (unpaired) electrons. The van der Waals surface area contributed by atoms with Gasteiger partial charge in [-0.1, -0.05) is 29.8 Å². The van der Waals surface area contributed by atoms with Crippen LogP contribution in [0.15, 0.2) is 42.5 Å². The third kappa shape index (κ3) is 3.73. The van der Waals surface area contributed by atoms with Crippen molar-refractivity contribution in [3.8, 4) is 5.75 Å². The Morgan fingerprint density at radius 1 is 1.21 bits per heavy atom. The number of anilines is 1. The van der Waals surface area contributed by atoms with Gasteiger partial charge in [-0.05, 0) is 56.9 Å². The summed E-state index contributed by atoms with van der Waals surface area (Å²) in [5.41, 5.74) is 4.80. The third-order valence-corrected chi connectivity index (χ3v) is 4.70. The molecule has 128 valence electrons. The molecule has 0 saturated heterocycles. The molecule has 0 amide bonds. The molecule has 1 aliphatic rings. The largest absolute Gasteiger partial charge is 0.493 e. The van der Waals surface area contributed by atoms with E-state index in [9.17, 15) is 5.11 Å². The first-order valence-electron chi connectivity index (χ1n) is 8.93. The molecule has 24 heavy (non-hydrogen) atoms. The summed E-state index contributed by atoms with van der Waals surface area (Å²) in [4.78, 5) is 2.40. The molecule has 0 saturated carbocycles. The molecule has 0 bridgehead atoms. The first-order valence-corrected chi connectivity index (χ1v) is 8.93. The van der Waals surface area contributed by atoms with Crippen LogP contribution in [0.3, 0.4) is 0 Å². The Morgan fingerprint density at radius 3 is 2.88 bits per heavy atom. The lowest BCUT2D eigenvalue weighted by atomic mass is 9.99. The summed E-state index contributed by atoms with van der Waals surface area (Å²) in [6.45, 7) is 6.56. The smallest absolute Gasteiger partial charge is 0.125 e. The van der Waals surface area contributed by atoms with Gasteiger partial charge in [0.1, 0.15) is 5.75 Å². The average Bonchev–Trinajstić information content (AvgIpc) is 2.61. The molecule has 1 heterocycles. The van der Waals surface area contributed by atoms with E-state index in [4.69, 9.17) is 4.74 Å². The lowest BCUT2D eigenvalue weighted by Crippen LogP contribution is -2.31. The molecule has 3 rings (SSSR count). The molecular formula is C21H27NO2. The van der Waals surface area contributed by atoms with Gasteiger partial charge in [-0.2, -0.15) is 0 Å². The third-order valence-electron chi connectivity index (χ3n) is 4.70. The van der Waals surface area contributed by atoms with Crippen molar-refractivity contribution in [2.75, 3.05) is 24.6 Å². The number of para-hydroxylation sites is 1. The normalized spacial score (nSPS) is 15.0. The van der Waals surface area contributed by atoms with Crippen LogP contribution in [-0.4, -0.2) is 24.8 Å². The Hall–Kier alpha value is -2.00. The number of nitrogens with zero attached hydrogens (tertiary/aromatic N) is 1. The van der Waals surface area contributed by atoms with Crippen LogP contribution in [0, 0.1) is 6.92 Å². The van der Waals surface area contributed by atoms with Crippen molar-refractivity contribution >= 4 is 5.69 Å². The lowest BCUT2D eigenvalue weighted by molar-refractivity contribution is 0.163. The van der Waals surface area contributed by atoms with E-state index in [-0.39, 0.29) is 0 Å². The van der Waals surface area contributed by atoms with E-state index in [1.165, 1.54) is 17.7 Å². The van der Waals surface area contributed by atoms with Crippen LogP contribution >= 0.6 is 0 Å².